The van der Waals surface area contributed by atoms with Gasteiger partial charge in [0.1, 0.15) is 12.2 Å². The van der Waals surface area contributed by atoms with Gasteiger partial charge in [0.25, 0.3) is 0 Å². The van der Waals surface area contributed by atoms with Crippen molar-refractivity contribution >= 4 is 11.6 Å². The van der Waals surface area contributed by atoms with Gasteiger partial charge in [-0.1, -0.05) is 13.8 Å². The lowest BCUT2D eigenvalue weighted by Crippen LogP contribution is -2.28. The van der Waals surface area contributed by atoms with Crippen LogP contribution in [0.1, 0.15) is 26.1 Å². The first-order chi connectivity index (χ1) is 8.15. The van der Waals surface area contributed by atoms with Crippen molar-refractivity contribution < 1.29 is 4.74 Å². The number of aromatic nitrogens is 3. The Labute approximate surface area is 107 Å². The van der Waals surface area contributed by atoms with Crippen LogP contribution < -0.4 is 0 Å². The topological polar surface area (TPSA) is 39.9 Å². The number of hydrogen-bond donors (Lipinski definition) is 0. The Kier molecular flexibility index (Phi) is 4.05. The summed E-state index contributed by atoms with van der Waals surface area (Å²) in [4.78, 5) is 4.36. The molecule has 1 saturated heterocycles. The molecule has 0 aromatic carbocycles. The van der Waals surface area contributed by atoms with Crippen LogP contribution in [0, 0.1) is 11.3 Å². The predicted molar refractivity (Wildman–Crippen MR) is 67.2 cm³/mol. The highest BCUT2D eigenvalue weighted by Gasteiger charge is 2.35. The Hall–Kier alpha value is -0.610. The van der Waals surface area contributed by atoms with E-state index in [0.29, 0.717) is 11.8 Å². The smallest absolute Gasteiger partial charge is 0.138 e. The molecule has 0 spiro atoms. The second-order valence-electron chi connectivity index (χ2n) is 5.37. The fraction of sp³-hybridized carbons (Fsp3) is 0.833. The summed E-state index contributed by atoms with van der Waals surface area (Å²) in [6.07, 6.45) is 3.52. The number of alkyl halides is 1. The van der Waals surface area contributed by atoms with Crippen LogP contribution in [0.25, 0.3) is 0 Å². The third-order valence-electron chi connectivity index (χ3n) is 3.24. The highest BCUT2D eigenvalue weighted by Crippen LogP contribution is 2.33. The van der Waals surface area contributed by atoms with E-state index >= 15 is 0 Å². The van der Waals surface area contributed by atoms with E-state index in [2.05, 4.69) is 23.9 Å². The molecule has 1 fully saturated rings. The third kappa shape index (κ3) is 2.99. The lowest BCUT2D eigenvalue weighted by Gasteiger charge is -2.24. The number of nitrogens with zero attached hydrogens (tertiary/aromatic N) is 3. The molecule has 0 aliphatic carbocycles. The zero-order valence-corrected chi connectivity index (χ0v) is 11.3. The van der Waals surface area contributed by atoms with E-state index in [1.165, 1.54) is 0 Å². The molecule has 96 valence electrons. The minimum absolute atomic E-state index is 0.0588. The molecular formula is C12H20ClN3O. The van der Waals surface area contributed by atoms with Gasteiger partial charge in [-0.05, 0) is 12.3 Å². The van der Waals surface area contributed by atoms with Gasteiger partial charge in [-0.2, -0.15) is 5.10 Å². The van der Waals surface area contributed by atoms with Crippen LogP contribution in [-0.2, 0) is 17.7 Å². The van der Waals surface area contributed by atoms with Gasteiger partial charge in [0.05, 0.1) is 6.61 Å². The summed E-state index contributed by atoms with van der Waals surface area (Å²) in [5.74, 6) is 2.23. The largest absolute Gasteiger partial charge is 0.381 e. The number of ether oxygens (including phenoxy) is 1. The summed E-state index contributed by atoms with van der Waals surface area (Å²) in [5.41, 5.74) is 0.0588. The van der Waals surface area contributed by atoms with E-state index in [1.54, 1.807) is 6.33 Å². The monoisotopic (exact) mass is 257 g/mol. The second kappa shape index (κ2) is 5.36. The van der Waals surface area contributed by atoms with Gasteiger partial charge in [0.15, 0.2) is 0 Å². The Morgan fingerprint density at radius 2 is 2.41 bits per heavy atom. The van der Waals surface area contributed by atoms with Crippen molar-refractivity contribution in [3.63, 3.8) is 0 Å². The zero-order chi connectivity index (χ0) is 12.3. The summed E-state index contributed by atoms with van der Waals surface area (Å²) >= 11 is 6.10. The first kappa shape index (κ1) is 12.8. The molecule has 1 aliphatic rings. The van der Waals surface area contributed by atoms with Gasteiger partial charge >= 0.3 is 0 Å². The van der Waals surface area contributed by atoms with Gasteiger partial charge in [-0.25, -0.2) is 9.67 Å². The van der Waals surface area contributed by atoms with Crippen molar-refractivity contribution in [2.24, 2.45) is 11.3 Å². The predicted octanol–water partition coefficient (Wildman–Crippen LogP) is 2.12. The maximum Gasteiger partial charge on any atom is 0.138 e. The average Bonchev–Trinajstić information content (AvgIpc) is 2.90. The molecule has 4 nitrogen and oxygen atoms in total. The SMILES string of the molecule is CC(C)Cn1ncnc1CC1(CCl)CCOC1. The normalized spacial score (nSPS) is 24.7. The number of halogens is 1. The van der Waals surface area contributed by atoms with Crippen molar-refractivity contribution in [3.05, 3.63) is 12.2 Å². The molecule has 0 saturated carbocycles. The van der Waals surface area contributed by atoms with Gasteiger partial charge in [0.2, 0.25) is 0 Å². The molecular weight excluding hydrogens is 238 g/mol. The van der Waals surface area contributed by atoms with E-state index in [0.717, 1.165) is 38.4 Å². The van der Waals surface area contributed by atoms with Crippen LogP contribution >= 0.6 is 11.6 Å². The van der Waals surface area contributed by atoms with Crippen molar-refractivity contribution in [2.45, 2.75) is 33.2 Å². The maximum absolute atomic E-state index is 6.10. The standard InChI is InChI=1S/C12H20ClN3O/c1-10(2)6-16-11(14-9-15-16)5-12(7-13)3-4-17-8-12/h9-10H,3-8H2,1-2H3. The van der Waals surface area contributed by atoms with Crippen molar-refractivity contribution in [3.8, 4) is 0 Å². The molecule has 1 atom stereocenters. The van der Waals surface area contributed by atoms with Gasteiger partial charge in [-0.15, -0.1) is 11.6 Å². The lowest BCUT2D eigenvalue weighted by atomic mass is 9.85. The summed E-state index contributed by atoms with van der Waals surface area (Å²) in [5, 5.41) is 4.29. The molecule has 1 aliphatic heterocycles. The zero-order valence-electron chi connectivity index (χ0n) is 10.5. The molecule has 0 bridgehead atoms. The summed E-state index contributed by atoms with van der Waals surface area (Å²) in [7, 11) is 0. The molecule has 17 heavy (non-hydrogen) atoms. The van der Waals surface area contributed by atoms with E-state index in [1.807, 2.05) is 4.68 Å². The van der Waals surface area contributed by atoms with Crippen LogP contribution in [0.4, 0.5) is 0 Å². The van der Waals surface area contributed by atoms with E-state index in [9.17, 15) is 0 Å². The van der Waals surface area contributed by atoms with Crippen LogP contribution in [0.15, 0.2) is 6.33 Å². The van der Waals surface area contributed by atoms with Crippen LogP contribution in [0.3, 0.4) is 0 Å². The van der Waals surface area contributed by atoms with Gasteiger partial charge < -0.3 is 4.74 Å². The first-order valence-electron chi connectivity index (χ1n) is 6.16. The van der Waals surface area contributed by atoms with Crippen molar-refractivity contribution in [2.75, 3.05) is 19.1 Å². The number of hydrogen-bond acceptors (Lipinski definition) is 3. The Morgan fingerprint density at radius 3 is 3.00 bits per heavy atom. The second-order valence-corrected chi connectivity index (χ2v) is 5.63. The van der Waals surface area contributed by atoms with Gasteiger partial charge in [0, 0.05) is 30.9 Å². The highest BCUT2D eigenvalue weighted by atomic mass is 35.5. The molecule has 5 heteroatoms. The number of rotatable bonds is 5. The molecule has 0 N–H and O–H groups in total. The molecule has 2 rings (SSSR count). The minimum Gasteiger partial charge on any atom is -0.381 e. The molecule has 2 heterocycles. The van der Waals surface area contributed by atoms with Crippen LogP contribution in [0.5, 0.6) is 0 Å². The molecule has 1 aromatic heterocycles. The highest BCUT2D eigenvalue weighted by molar-refractivity contribution is 6.18. The maximum atomic E-state index is 6.10. The third-order valence-corrected chi connectivity index (χ3v) is 3.80. The molecule has 0 radical (unpaired) electrons. The Morgan fingerprint density at radius 1 is 1.59 bits per heavy atom. The minimum atomic E-state index is 0.0588. The van der Waals surface area contributed by atoms with Crippen molar-refractivity contribution in [1.29, 1.82) is 0 Å². The van der Waals surface area contributed by atoms with E-state index < -0.39 is 0 Å². The fourth-order valence-corrected chi connectivity index (χ4v) is 2.51. The summed E-state index contributed by atoms with van der Waals surface area (Å²) in [6, 6.07) is 0. The molecule has 1 unspecified atom stereocenters. The Bertz CT molecular complexity index is 358. The van der Waals surface area contributed by atoms with Crippen molar-refractivity contribution in [1.82, 2.24) is 14.8 Å². The average molecular weight is 258 g/mol. The van der Waals surface area contributed by atoms with E-state index in [4.69, 9.17) is 16.3 Å². The van der Waals surface area contributed by atoms with Crippen LogP contribution in [0.2, 0.25) is 0 Å². The first-order valence-corrected chi connectivity index (χ1v) is 6.69. The lowest BCUT2D eigenvalue weighted by molar-refractivity contribution is 0.159. The van der Waals surface area contributed by atoms with Crippen LogP contribution in [-0.4, -0.2) is 33.9 Å². The quantitative estimate of drug-likeness (QED) is 0.759. The van der Waals surface area contributed by atoms with Gasteiger partial charge in [-0.3, -0.25) is 0 Å². The fourth-order valence-electron chi connectivity index (χ4n) is 2.20. The summed E-state index contributed by atoms with van der Waals surface area (Å²) < 4.78 is 7.48. The molecule has 0 amide bonds. The Balaban J connectivity index is 2.09. The van der Waals surface area contributed by atoms with E-state index in [-0.39, 0.29) is 5.41 Å². The molecule has 1 aromatic rings. The summed E-state index contributed by atoms with van der Waals surface area (Å²) in [6.45, 7) is 6.83.